The van der Waals surface area contributed by atoms with Crippen molar-refractivity contribution in [2.45, 2.75) is 83.3 Å². The first-order chi connectivity index (χ1) is 11.4. The Balaban J connectivity index is 1.72. The lowest BCUT2D eigenvalue weighted by molar-refractivity contribution is -0.157. The van der Waals surface area contributed by atoms with Crippen molar-refractivity contribution < 1.29 is 18.7 Å². The molecule has 3 aliphatic carbocycles. The molecule has 4 nitrogen and oxygen atoms in total. The maximum absolute atomic E-state index is 13.2. The van der Waals surface area contributed by atoms with Gasteiger partial charge in [-0.1, -0.05) is 32.9 Å². The van der Waals surface area contributed by atoms with Gasteiger partial charge in [0.2, 0.25) is 0 Å². The van der Waals surface area contributed by atoms with Crippen molar-refractivity contribution in [2.75, 3.05) is 0 Å². The fourth-order valence-corrected chi connectivity index (χ4v) is 6.35. The summed E-state index contributed by atoms with van der Waals surface area (Å²) in [6, 6.07) is 0. The summed E-state index contributed by atoms with van der Waals surface area (Å²) in [5, 5.41) is 0.127. The molecule has 0 unspecified atom stereocenters. The predicted octanol–water partition coefficient (Wildman–Crippen LogP) is 3.92. The lowest BCUT2D eigenvalue weighted by Gasteiger charge is -2.48. The molecular formula is C20H32O4Si. The van der Waals surface area contributed by atoms with Crippen LogP contribution in [0, 0.1) is 23.7 Å². The van der Waals surface area contributed by atoms with Crippen LogP contribution in [0.4, 0.5) is 0 Å². The van der Waals surface area contributed by atoms with E-state index in [0.717, 1.165) is 6.42 Å². The third-order valence-corrected chi connectivity index (χ3v) is 11.7. The maximum atomic E-state index is 13.2. The second-order valence-corrected chi connectivity index (χ2v) is 15.1. The van der Waals surface area contributed by atoms with Crippen LogP contribution < -0.4 is 0 Å². The second kappa shape index (κ2) is 5.28. The van der Waals surface area contributed by atoms with Gasteiger partial charge in [0.25, 0.3) is 0 Å². The SMILES string of the molecule is CC1(C)O[C@H]2[C@H](O[Si](C)(C)C(C)(C)C)[C@H]3[C@@H](C(=O)[C@H]2O1)[C@H]1C=C[C@@H]3C1. The molecule has 0 aromatic carbocycles. The highest BCUT2D eigenvalue weighted by Gasteiger charge is 2.65. The summed E-state index contributed by atoms with van der Waals surface area (Å²) in [7, 11) is -1.98. The monoisotopic (exact) mass is 364 g/mol. The van der Waals surface area contributed by atoms with E-state index in [1.807, 2.05) is 13.8 Å². The first-order valence-corrected chi connectivity index (χ1v) is 12.6. The predicted molar refractivity (Wildman–Crippen MR) is 98.6 cm³/mol. The molecule has 1 saturated heterocycles. The van der Waals surface area contributed by atoms with E-state index in [-0.39, 0.29) is 34.9 Å². The number of rotatable bonds is 2. The van der Waals surface area contributed by atoms with Crippen LogP contribution in [0.15, 0.2) is 12.2 Å². The fourth-order valence-electron chi connectivity index (χ4n) is 5.03. The molecule has 7 atom stereocenters. The Labute approximate surface area is 152 Å². The average molecular weight is 365 g/mol. The Kier molecular flexibility index (Phi) is 3.78. The highest BCUT2D eigenvalue weighted by Crippen LogP contribution is 2.57. The summed E-state index contributed by atoms with van der Waals surface area (Å²) in [5.74, 6) is 0.625. The Bertz CT molecular complexity index is 618. The molecule has 25 heavy (non-hydrogen) atoms. The number of carbonyl (C=O) groups excluding carboxylic acids is 1. The van der Waals surface area contributed by atoms with E-state index >= 15 is 0 Å². The normalized spacial score (nSPS) is 44.9. The van der Waals surface area contributed by atoms with Crippen LogP contribution in [0.5, 0.6) is 0 Å². The molecule has 1 heterocycles. The van der Waals surface area contributed by atoms with E-state index in [1.165, 1.54) is 0 Å². The van der Waals surface area contributed by atoms with Crippen LogP contribution in [-0.2, 0) is 18.7 Å². The van der Waals surface area contributed by atoms with Gasteiger partial charge in [-0.05, 0) is 50.2 Å². The molecule has 0 amide bonds. The number of ether oxygens (including phenoxy) is 2. The van der Waals surface area contributed by atoms with Gasteiger partial charge in [0.1, 0.15) is 12.2 Å². The first-order valence-electron chi connectivity index (χ1n) is 9.67. The molecule has 2 bridgehead atoms. The summed E-state index contributed by atoms with van der Waals surface area (Å²) in [4.78, 5) is 13.2. The van der Waals surface area contributed by atoms with Crippen LogP contribution >= 0.6 is 0 Å². The Morgan fingerprint density at radius 3 is 2.44 bits per heavy atom. The van der Waals surface area contributed by atoms with Crippen LogP contribution in [0.3, 0.4) is 0 Å². The van der Waals surface area contributed by atoms with E-state index in [9.17, 15) is 4.79 Å². The Hall–Kier alpha value is -0.493. The van der Waals surface area contributed by atoms with Crippen molar-refractivity contribution in [1.82, 2.24) is 0 Å². The quantitative estimate of drug-likeness (QED) is 0.550. The zero-order valence-electron chi connectivity index (χ0n) is 16.5. The van der Waals surface area contributed by atoms with Gasteiger partial charge < -0.3 is 13.9 Å². The van der Waals surface area contributed by atoms with Gasteiger partial charge in [0.05, 0.1) is 6.10 Å². The molecule has 0 N–H and O–H groups in total. The van der Waals surface area contributed by atoms with Crippen LogP contribution in [-0.4, -0.2) is 38.2 Å². The molecule has 4 aliphatic rings. The fraction of sp³-hybridized carbons (Fsp3) is 0.850. The largest absolute Gasteiger partial charge is 0.411 e. The van der Waals surface area contributed by atoms with Crippen molar-refractivity contribution in [1.29, 1.82) is 0 Å². The van der Waals surface area contributed by atoms with E-state index in [4.69, 9.17) is 13.9 Å². The molecule has 5 heteroatoms. The highest BCUT2D eigenvalue weighted by atomic mass is 28.4. The Morgan fingerprint density at radius 1 is 1.16 bits per heavy atom. The first kappa shape index (κ1) is 17.9. The Morgan fingerprint density at radius 2 is 1.80 bits per heavy atom. The lowest BCUT2D eigenvalue weighted by Crippen LogP contribution is -2.60. The van der Waals surface area contributed by atoms with Gasteiger partial charge in [0.15, 0.2) is 19.9 Å². The van der Waals surface area contributed by atoms with Crippen molar-refractivity contribution in [3.63, 3.8) is 0 Å². The zero-order valence-corrected chi connectivity index (χ0v) is 17.5. The summed E-state index contributed by atoms with van der Waals surface area (Å²) in [6.07, 6.45) is 4.85. The van der Waals surface area contributed by atoms with Crippen LogP contribution in [0.2, 0.25) is 18.1 Å². The minimum absolute atomic E-state index is 0.0449. The van der Waals surface area contributed by atoms with Crippen molar-refractivity contribution in [3.05, 3.63) is 12.2 Å². The molecule has 0 radical (unpaired) electrons. The minimum Gasteiger partial charge on any atom is -0.411 e. The number of Topliss-reactive ketones (excluding diaryl/α,β-unsaturated/α-hetero) is 1. The molecule has 1 aliphatic heterocycles. The second-order valence-electron chi connectivity index (χ2n) is 10.3. The summed E-state index contributed by atoms with van der Waals surface area (Å²) in [6.45, 7) is 15.2. The average Bonchev–Trinajstić information content (AvgIpc) is 3.13. The third-order valence-electron chi connectivity index (χ3n) is 7.20. The van der Waals surface area contributed by atoms with Crippen LogP contribution in [0.1, 0.15) is 41.0 Å². The van der Waals surface area contributed by atoms with Crippen molar-refractivity contribution in [2.24, 2.45) is 23.7 Å². The molecule has 0 aromatic rings. The number of allylic oxidation sites excluding steroid dienone is 2. The van der Waals surface area contributed by atoms with Gasteiger partial charge in [0, 0.05) is 11.8 Å². The molecule has 4 rings (SSSR count). The molecule has 0 aromatic heterocycles. The highest BCUT2D eigenvalue weighted by molar-refractivity contribution is 6.74. The smallest absolute Gasteiger partial charge is 0.192 e. The summed E-state index contributed by atoms with van der Waals surface area (Å²) in [5.41, 5.74) is 0. The van der Waals surface area contributed by atoms with Crippen molar-refractivity contribution >= 4 is 14.1 Å². The van der Waals surface area contributed by atoms with Crippen molar-refractivity contribution in [3.8, 4) is 0 Å². The number of carbonyl (C=O) groups is 1. The maximum Gasteiger partial charge on any atom is 0.192 e. The van der Waals surface area contributed by atoms with Gasteiger partial charge in [-0.2, -0.15) is 0 Å². The number of hydrogen-bond donors (Lipinski definition) is 0. The minimum atomic E-state index is -1.98. The lowest BCUT2D eigenvalue weighted by atomic mass is 9.69. The third kappa shape index (κ3) is 2.61. The van der Waals surface area contributed by atoms with E-state index in [2.05, 4.69) is 46.0 Å². The molecule has 2 saturated carbocycles. The molecular weight excluding hydrogens is 332 g/mol. The summed E-state index contributed by atoms with van der Waals surface area (Å²) < 4.78 is 19.2. The number of fused-ring (bicyclic) bond motifs is 6. The van der Waals surface area contributed by atoms with E-state index in [0.29, 0.717) is 11.8 Å². The molecule has 0 spiro atoms. The van der Waals surface area contributed by atoms with E-state index < -0.39 is 20.2 Å². The topological polar surface area (TPSA) is 44.8 Å². The van der Waals surface area contributed by atoms with Gasteiger partial charge in [-0.15, -0.1) is 0 Å². The van der Waals surface area contributed by atoms with Gasteiger partial charge in [-0.25, -0.2) is 0 Å². The van der Waals surface area contributed by atoms with Gasteiger partial charge >= 0.3 is 0 Å². The van der Waals surface area contributed by atoms with Gasteiger partial charge in [-0.3, -0.25) is 4.79 Å². The van der Waals surface area contributed by atoms with E-state index in [1.54, 1.807) is 0 Å². The molecule has 140 valence electrons. The molecule has 3 fully saturated rings. The standard InChI is InChI=1S/C20H32O4Si/c1-19(2,3)25(6,7)24-16-14-12-9-8-11(10-12)13(14)15(21)17-18(16)23-20(4,5)22-17/h8-9,11-14,16-18H,10H2,1-7H3/t11-,12+,13-,14+,16+,17+,18-/m0/s1. The van der Waals surface area contributed by atoms with Crippen LogP contribution in [0.25, 0.3) is 0 Å². The number of hydrogen-bond acceptors (Lipinski definition) is 4. The number of ketones is 1. The zero-order chi connectivity index (χ0) is 18.4. The summed E-state index contributed by atoms with van der Waals surface area (Å²) >= 11 is 0.